The Morgan fingerprint density at radius 3 is 2.65 bits per heavy atom. The lowest BCUT2D eigenvalue weighted by Gasteiger charge is -2.42. The zero-order valence-electron chi connectivity index (χ0n) is 25.8. The molecule has 2 aliphatic heterocycles. The predicted molar refractivity (Wildman–Crippen MR) is 157 cm³/mol. The summed E-state index contributed by atoms with van der Waals surface area (Å²) < 4.78 is 33.0. The Labute approximate surface area is 253 Å². The van der Waals surface area contributed by atoms with Gasteiger partial charge < -0.3 is 34.4 Å². The summed E-state index contributed by atoms with van der Waals surface area (Å²) in [5.74, 6) is -2.17. The van der Waals surface area contributed by atoms with Crippen molar-refractivity contribution in [2.24, 2.45) is 17.8 Å². The average Bonchev–Trinajstić information content (AvgIpc) is 3.78. The molecule has 3 unspecified atom stereocenters. The molecule has 11 heteroatoms. The van der Waals surface area contributed by atoms with Crippen molar-refractivity contribution in [2.45, 2.75) is 95.9 Å². The number of aryl methyl sites for hydroxylation is 1. The third kappa shape index (κ3) is 6.77. The van der Waals surface area contributed by atoms with Crippen LogP contribution in [0, 0.1) is 23.6 Å². The number of amides is 3. The lowest BCUT2D eigenvalue weighted by molar-refractivity contribution is -0.132. The number of piperidine rings is 1. The van der Waals surface area contributed by atoms with Gasteiger partial charge in [-0.3, -0.25) is 9.59 Å². The highest BCUT2D eigenvalue weighted by atomic mass is 19.1. The number of hydrogen-bond acceptors (Lipinski definition) is 7. The van der Waals surface area contributed by atoms with E-state index in [9.17, 15) is 19.5 Å². The SMILES string of the molecule is CCc1cc(F)c(N2C(=O)[C@@H]3C[C@H](C(=O)NC4CCCC[C@H]4O)CN(C3)C(=O)OC(C)(C)C3CC32)cc1OCCCOC. The molecule has 2 heterocycles. The van der Waals surface area contributed by atoms with E-state index in [2.05, 4.69) is 5.32 Å². The van der Waals surface area contributed by atoms with Crippen molar-refractivity contribution in [1.82, 2.24) is 10.2 Å². The summed E-state index contributed by atoms with van der Waals surface area (Å²) in [6.07, 6.45) is 3.96. The molecule has 6 atom stereocenters. The summed E-state index contributed by atoms with van der Waals surface area (Å²) >= 11 is 0. The summed E-state index contributed by atoms with van der Waals surface area (Å²) in [4.78, 5) is 44.2. The van der Waals surface area contributed by atoms with Crippen LogP contribution in [0.25, 0.3) is 0 Å². The number of cyclic esters (lactones) is 1. The van der Waals surface area contributed by atoms with Crippen LogP contribution in [-0.2, 0) is 25.5 Å². The van der Waals surface area contributed by atoms with Gasteiger partial charge in [0.15, 0.2) is 0 Å². The van der Waals surface area contributed by atoms with E-state index in [-0.39, 0.29) is 55.0 Å². The van der Waals surface area contributed by atoms with Gasteiger partial charge in [0.05, 0.1) is 36.3 Å². The third-order valence-corrected chi connectivity index (χ3v) is 9.58. The van der Waals surface area contributed by atoms with E-state index in [1.807, 2.05) is 20.8 Å². The molecule has 2 saturated carbocycles. The highest BCUT2D eigenvalue weighted by Crippen LogP contribution is 2.49. The molecule has 3 amide bonds. The number of nitrogens with zero attached hydrogens (tertiary/aromatic N) is 2. The molecule has 1 aromatic carbocycles. The molecule has 2 N–H and O–H groups in total. The average molecular weight is 604 g/mol. The van der Waals surface area contributed by atoms with Crippen molar-refractivity contribution in [3.05, 3.63) is 23.5 Å². The Morgan fingerprint density at radius 2 is 1.93 bits per heavy atom. The molecule has 2 aliphatic carbocycles. The first-order valence-electron chi connectivity index (χ1n) is 15.8. The minimum absolute atomic E-state index is 0.0759. The van der Waals surface area contributed by atoms with Crippen LogP contribution in [0.2, 0.25) is 0 Å². The largest absolute Gasteiger partial charge is 0.493 e. The first-order valence-corrected chi connectivity index (χ1v) is 15.8. The molecule has 2 saturated heterocycles. The van der Waals surface area contributed by atoms with Gasteiger partial charge in [0.25, 0.3) is 0 Å². The minimum Gasteiger partial charge on any atom is -0.493 e. The second kappa shape index (κ2) is 13.0. The Balaban J connectivity index is 1.46. The number of nitrogens with one attached hydrogen (secondary N) is 1. The molecule has 0 aromatic heterocycles. The van der Waals surface area contributed by atoms with E-state index >= 15 is 4.39 Å². The van der Waals surface area contributed by atoms with Gasteiger partial charge in [0, 0.05) is 51.3 Å². The van der Waals surface area contributed by atoms with Crippen LogP contribution >= 0.6 is 0 Å². The number of aliphatic hydroxyl groups is 1. The molecular formula is C32H46FN3O7. The third-order valence-electron chi connectivity index (χ3n) is 9.58. The van der Waals surface area contributed by atoms with Crippen LogP contribution in [0.3, 0.4) is 0 Å². The van der Waals surface area contributed by atoms with Gasteiger partial charge in [0.2, 0.25) is 11.8 Å². The number of aliphatic hydroxyl groups excluding tert-OH is 1. The van der Waals surface area contributed by atoms with Gasteiger partial charge in [-0.05, 0) is 57.6 Å². The fourth-order valence-corrected chi connectivity index (χ4v) is 7.00. The van der Waals surface area contributed by atoms with Gasteiger partial charge in [-0.1, -0.05) is 19.8 Å². The van der Waals surface area contributed by atoms with Gasteiger partial charge in [0.1, 0.15) is 17.2 Å². The number of benzene rings is 1. The number of carbonyl (C=O) groups excluding carboxylic acids is 3. The maximum absolute atomic E-state index is 15.9. The quantitative estimate of drug-likeness (QED) is 0.412. The molecule has 10 nitrogen and oxygen atoms in total. The Hall–Kier alpha value is -2.92. The van der Waals surface area contributed by atoms with Crippen LogP contribution in [0.1, 0.15) is 71.3 Å². The van der Waals surface area contributed by atoms with Crippen LogP contribution < -0.4 is 15.0 Å². The first-order chi connectivity index (χ1) is 20.5. The van der Waals surface area contributed by atoms with Gasteiger partial charge in [-0.15, -0.1) is 0 Å². The van der Waals surface area contributed by atoms with Gasteiger partial charge in [-0.25, -0.2) is 9.18 Å². The first kappa shape index (κ1) is 31.5. The molecule has 0 spiro atoms. The van der Waals surface area contributed by atoms with E-state index in [4.69, 9.17) is 14.2 Å². The summed E-state index contributed by atoms with van der Waals surface area (Å²) in [5, 5.41) is 13.4. The Morgan fingerprint density at radius 1 is 1.16 bits per heavy atom. The summed E-state index contributed by atoms with van der Waals surface area (Å²) in [6.45, 7) is 6.66. The topological polar surface area (TPSA) is 118 Å². The van der Waals surface area contributed by atoms with Crippen molar-refractivity contribution in [1.29, 1.82) is 0 Å². The van der Waals surface area contributed by atoms with E-state index in [0.717, 1.165) is 12.8 Å². The van der Waals surface area contributed by atoms with Gasteiger partial charge >= 0.3 is 6.09 Å². The van der Waals surface area contributed by atoms with Crippen LogP contribution in [-0.4, -0.2) is 85.1 Å². The van der Waals surface area contributed by atoms with E-state index in [1.165, 1.54) is 15.9 Å². The minimum atomic E-state index is -0.909. The highest BCUT2D eigenvalue weighted by Gasteiger charge is 2.57. The fraction of sp³-hybridized carbons (Fsp3) is 0.719. The predicted octanol–water partition coefficient (Wildman–Crippen LogP) is 3.81. The van der Waals surface area contributed by atoms with Crippen molar-refractivity contribution >= 4 is 23.6 Å². The van der Waals surface area contributed by atoms with E-state index in [0.29, 0.717) is 56.6 Å². The number of methoxy groups -OCH3 is 1. The van der Waals surface area contributed by atoms with Crippen molar-refractivity contribution in [3.8, 4) is 5.75 Å². The maximum atomic E-state index is 15.9. The van der Waals surface area contributed by atoms with Gasteiger partial charge in [-0.2, -0.15) is 0 Å². The number of carbonyl (C=O) groups is 3. The van der Waals surface area contributed by atoms with E-state index < -0.39 is 35.5 Å². The molecular weight excluding hydrogens is 557 g/mol. The molecule has 4 aliphatic rings. The summed E-state index contributed by atoms with van der Waals surface area (Å²) in [7, 11) is 1.62. The van der Waals surface area contributed by atoms with Crippen LogP contribution in [0.15, 0.2) is 12.1 Å². The fourth-order valence-electron chi connectivity index (χ4n) is 7.00. The van der Waals surface area contributed by atoms with Crippen molar-refractivity contribution in [3.63, 3.8) is 0 Å². The molecule has 4 fully saturated rings. The smallest absolute Gasteiger partial charge is 0.410 e. The zero-order chi connectivity index (χ0) is 30.9. The molecule has 238 valence electrons. The number of rotatable bonds is 9. The number of hydrogen-bond donors (Lipinski definition) is 2. The lowest BCUT2D eigenvalue weighted by atomic mass is 9.86. The maximum Gasteiger partial charge on any atom is 0.410 e. The second-order valence-corrected chi connectivity index (χ2v) is 13.1. The summed E-state index contributed by atoms with van der Waals surface area (Å²) in [5.41, 5.74) is -0.0599. The van der Waals surface area contributed by atoms with Crippen LogP contribution in [0.4, 0.5) is 14.9 Å². The lowest BCUT2D eigenvalue weighted by Crippen LogP contribution is -2.57. The number of anilines is 1. The monoisotopic (exact) mass is 603 g/mol. The standard InChI is InChI=1S/C32H46FN3O7/c1-5-19-14-23(33)26(16-28(19)42-12-8-11-41-4)36-25-15-22(25)32(2,3)43-31(40)35-17-20(13-21(18-35)30(36)39)29(38)34-24-9-6-7-10-27(24)37/h14,16,20-22,24-25,27,37H,5-13,15,17-18H2,1-4H3,(H,34,38)/t20-,21+,22?,24?,25?,27+/m0/s1. The second-order valence-electron chi connectivity index (χ2n) is 13.1. The number of ether oxygens (including phenoxy) is 3. The van der Waals surface area contributed by atoms with Crippen molar-refractivity contribution < 1.29 is 38.1 Å². The van der Waals surface area contributed by atoms with E-state index in [1.54, 1.807) is 13.2 Å². The van der Waals surface area contributed by atoms with Crippen LogP contribution in [0.5, 0.6) is 5.75 Å². The molecule has 1 aromatic rings. The molecule has 5 rings (SSSR count). The summed E-state index contributed by atoms with van der Waals surface area (Å²) in [6, 6.07) is 2.34. The highest BCUT2D eigenvalue weighted by molar-refractivity contribution is 5.98. The zero-order valence-corrected chi connectivity index (χ0v) is 25.8. The Kier molecular flexibility index (Phi) is 9.51. The molecule has 43 heavy (non-hydrogen) atoms. The van der Waals surface area contributed by atoms with Crippen molar-refractivity contribution in [2.75, 3.05) is 38.3 Å². The number of fused-ring (bicyclic) bond motifs is 3. The Bertz CT molecular complexity index is 1210. The number of halogens is 1. The molecule has 2 bridgehead atoms. The normalized spacial score (nSPS) is 30.3. The molecule has 0 radical (unpaired) electrons.